The lowest BCUT2D eigenvalue weighted by Gasteiger charge is -2.10. The van der Waals surface area contributed by atoms with E-state index in [0.717, 1.165) is 154 Å². The molecule has 0 saturated carbocycles. The molecular formula is C69H38Cl3N5. The predicted octanol–water partition coefficient (Wildman–Crippen LogP) is 20.3. The lowest BCUT2D eigenvalue weighted by Crippen LogP contribution is -1.88. The first-order valence-electron chi connectivity index (χ1n) is 25.6. The molecule has 8 bridgehead atoms. The van der Waals surface area contributed by atoms with Crippen molar-refractivity contribution in [1.82, 2.24) is 24.9 Å². The minimum Gasteiger partial charge on any atom is -0.353 e. The molecule has 11 aromatic carbocycles. The smallest absolute Gasteiger partial charge is 0.162 e. The zero-order valence-corrected chi connectivity index (χ0v) is 43.0. The van der Waals surface area contributed by atoms with E-state index in [2.05, 4.69) is 174 Å². The van der Waals surface area contributed by atoms with Crippen LogP contribution in [0, 0.1) is 0 Å². The van der Waals surface area contributed by atoms with Crippen molar-refractivity contribution >= 4 is 122 Å². The SMILES string of the molecule is Clc1cccc(-c2c3nc(c(-c4cccc(Cl)c4)c4[nH]c(c(-c5cccc(Cl)c5)c5nc(nc6[nH]c2c2cc7ccccc7cc62)-c2cc6ccccc6cc2-5)c2cc5ccccc5cc42)-c2cc4ccccc4cc2-3)c1. The van der Waals surface area contributed by atoms with E-state index in [1.165, 1.54) is 0 Å². The van der Waals surface area contributed by atoms with Crippen LogP contribution in [0.4, 0.5) is 0 Å². The van der Waals surface area contributed by atoms with Gasteiger partial charge in [0.05, 0.1) is 33.6 Å². The van der Waals surface area contributed by atoms with Gasteiger partial charge in [-0.2, -0.15) is 0 Å². The molecule has 16 rings (SSSR count). The molecule has 0 fully saturated rings. The molecule has 0 unspecified atom stereocenters. The Labute approximate surface area is 455 Å². The molecule has 360 valence electrons. The third kappa shape index (κ3) is 6.98. The highest BCUT2D eigenvalue weighted by molar-refractivity contribution is 6.32. The van der Waals surface area contributed by atoms with Gasteiger partial charge in [-0.3, -0.25) is 0 Å². The number of nitrogens with one attached hydrogen (secondary N) is 2. The molecule has 77 heavy (non-hydrogen) atoms. The number of benzene rings is 11. The number of H-pyrrole nitrogens is 2. The van der Waals surface area contributed by atoms with E-state index in [1.54, 1.807) is 0 Å². The minimum absolute atomic E-state index is 0.581. The highest BCUT2D eigenvalue weighted by Crippen LogP contribution is 2.52. The second-order valence-electron chi connectivity index (χ2n) is 20.1. The Balaban J connectivity index is 1.24. The van der Waals surface area contributed by atoms with Gasteiger partial charge in [0, 0.05) is 75.6 Å². The second kappa shape index (κ2) is 17.0. The zero-order valence-electron chi connectivity index (χ0n) is 40.8. The molecule has 0 spiro atoms. The maximum atomic E-state index is 7.11. The summed E-state index contributed by atoms with van der Waals surface area (Å²) < 4.78 is 0. The molecule has 0 radical (unpaired) electrons. The number of aromatic nitrogens is 5. The Kier molecular flexibility index (Phi) is 9.74. The van der Waals surface area contributed by atoms with Crippen LogP contribution in [0.2, 0.25) is 15.1 Å². The van der Waals surface area contributed by atoms with Gasteiger partial charge < -0.3 is 9.97 Å². The molecule has 0 saturated heterocycles. The van der Waals surface area contributed by atoms with Gasteiger partial charge in [0.15, 0.2) is 5.82 Å². The Morgan fingerprint density at radius 1 is 0.273 bits per heavy atom. The Morgan fingerprint density at radius 2 is 0.597 bits per heavy atom. The number of rotatable bonds is 3. The number of aromatic amines is 2. The van der Waals surface area contributed by atoms with Gasteiger partial charge in [-0.15, -0.1) is 0 Å². The summed E-state index contributed by atoms with van der Waals surface area (Å²) >= 11 is 21.2. The third-order valence-electron chi connectivity index (χ3n) is 15.6. The first-order valence-corrected chi connectivity index (χ1v) is 26.7. The van der Waals surface area contributed by atoms with Crippen LogP contribution in [0.25, 0.3) is 165 Å². The number of hydrogen-bond donors (Lipinski definition) is 2. The van der Waals surface area contributed by atoms with Crippen molar-refractivity contribution in [1.29, 1.82) is 0 Å². The molecule has 2 aliphatic heterocycles. The van der Waals surface area contributed by atoms with Gasteiger partial charge in [-0.1, -0.05) is 168 Å². The quantitative estimate of drug-likeness (QED) is 0.185. The third-order valence-corrected chi connectivity index (χ3v) is 16.3. The fourth-order valence-corrected chi connectivity index (χ4v) is 12.7. The Hall–Kier alpha value is -9.10. The fourth-order valence-electron chi connectivity index (χ4n) is 12.1. The average molecular weight is 1040 g/mol. The molecule has 0 amide bonds. The van der Waals surface area contributed by atoms with E-state index in [-0.39, 0.29) is 0 Å². The summed E-state index contributed by atoms with van der Waals surface area (Å²) in [7, 11) is 0. The molecule has 2 N–H and O–H groups in total. The maximum Gasteiger partial charge on any atom is 0.162 e. The Morgan fingerprint density at radius 3 is 1.00 bits per heavy atom. The molecule has 5 nitrogen and oxygen atoms in total. The van der Waals surface area contributed by atoms with Gasteiger partial charge in [-0.05, 0) is 145 Å². The van der Waals surface area contributed by atoms with E-state index >= 15 is 0 Å². The van der Waals surface area contributed by atoms with Crippen molar-refractivity contribution < 1.29 is 0 Å². The van der Waals surface area contributed by atoms with E-state index in [0.29, 0.717) is 26.5 Å². The fraction of sp³-hybridized carbons (Fsp3) is 0. The van der Waals surface area contributed by atoms with Crippen LogP contribution in [0.1, 0.15) is 0 Å². The molecule has 3 aromatic heterocycles. The number of fused-ring (bicyclic) bond motifs is 24. The highest BCUT2D eigenvalue weighted by atomic mass is 35.5. The van der Waals surface area contributed by atoms with Crippen LogP contribution in [0.5, 0.6) is 0 Å². The van der Waals surface area contributed by atoms with Gasteiger partial charge >= 0.3 is 0 Å². The molecule has 5 heterocycles. The highest BCUT2D eigenvalue weighted by Gasteiger charge is 2.30. The second-order valence-corrected chi connectivity index (χ2v) is 21.4. The molecule has 8 heteroatoms. The van der Waals surface area contributed by atoms with Gasteiger partial charge in [0.2, 0.25) is 0 Å². The summed E-state index contributed by atoms with van der Waals surface area (Å²) in [5.74, 6) is 0.581. The van der Waals surface area contributed by atoms with Crippen LogP contribution >= 0.6 is 34.8 Å². The zero-order chi connectivity index (χ0) is 51.0. The van der Waals surface area contributed by atoms with E-state index in [4.69, 9.17) is 49.8 Å². The van der Waals surface area contributed by atoms with Crippen LogP contribution in [0.3, 0.4) is 0 Å². The van der Waals surface area contributed by atoms with Crippen LogP contribution in [0.15, 0.2) is 218 Å². The number of nitrogens with zero attached hydrogens (tertiary/aromatic N) is 3. The Bertz CT molecular complexity index is 5070. The first-order chi connectivity index (χ1) is 37.8. The van der Waals surface area contributed by atoms with E-state index in [1.807, 2.05) is 54.6 Å². The average Bonchev–Trinajstić information content (AvgIpc) is 4.39. The normalized spacial score (nSPS) is 12.1. The summed E-state index contributed by atoms with van der Waals surface area (Å²) in [4.78, 5) is 25.6. The van der Waals surface area contributed by atoms with Crippen molar-refractivity contribution in [2.75, 3.05) is 0 Å². The standard InChI is InChI=1S/C69H38Cl3N5/c70-48-23-9-20-45(26-48)59-62-51-29-37-12-1-3-14-39(37)31-53(51)64(73-62)60(46-21-10-24-49(71)27-46)66-55-33-41-16-5-7-18-43(41)35-57(55)68(75-66)77-69-58-36-44-19-8-6-17-42(44)34-56(58)67(76-69)61(47-22-11-25-50(72)28-47)65-54-32-40-15-4-2-13-38(40)30-52(54)63(59)74-65/h1-36,73H,(H,75,76,77). The summed E-state index contributed by atoms with van der Waals surface area (Å²) in [5, 5.41) is 14.5. The van der Waals surface area contributed by atoms with Crippen LogP contribution in [-0.2, 0) is 0 Å². The first kappa shape index (κ1) is 44.2. The summed E-state index contributed by atoms with van der Waals surface area (Å²) in [5.41, 5.74) is 14.8. The number of hydrogen-bond acceptors (Lipinski definition) is 3. The monoisotopic (exact) mass is 1040 g/mol. The number of halogens is 3. The summed E-state index contributed by atoms with van der Waals surface area (Å²) in [6.07, 6.45) is 0. The maximum absolute atomic E-state index is 7.11. The largest absolute Gasteiger partial charge is 0.353 e. The molecular weight excluding hydrogens is 1010 g/mol. The van der Waals surface area contributed by atoms with Gasteiger partial charge in [0.25, 0.3) is 0 Å². The summed E-state index contributed by atoms with van der Waals surface area (Å²) in [6, 6.07) is 76.6. The molecule has 0 aliphatic carbocycles. The minimum atomic E-state index is 0.581. The predicted molar refractivity (Wildman–Crippen MR) is 324 cm³/mol. The van der Waals surface area contributed by atoms with Crippen LogP contribution in [-0.4, -0.2) is 24.9 Å². The van der Waals surface area contributed by atoms with E-state index in [9.17, 15) is 0 Å². The van der Waals surface area contributed by atoms with Crippen molar-refractivity contribution in [3.63, 3.8) is 0 Å². The lowest BCUT2D eigenvalue weighted by atomic mass is 9.91. The topological polar surface area (TPSA) is 70.2 Å². The summed E-state index contributed by atoms with van der Waals surface area (Å²) in [6.45, 7) is 0. The van der Waals surface area contributed by atoms with Crippen LogP contribution < -0.4 is 0 Å². The van der Waals surface area contributed by atoms with Crippen molar-refractivity contribution in [3.05, 3.63) is 233 Å². The van der Waals surface area contributed by atoms with Crippen molar-refractivity contribution in [3.8, 4) is 78.5 Å². The van der Waals surface area contributed by atoms with Crippen molar-refractivity contribution in [2.24, 2.45) is 0 Å². The van der Waals surface area contributed by atoms with Gasteiger partial charge in [0.1, 0.15) is 5.65 Å². The molecule has 2 aliphatic rings. The lowest BCUT2D eigenvalue weighted by molar-refractivity contribution is 1.27. The van der Waals surface area contributed by atoms with Gasteiger partial charge in [-0.25, -0.2) is 15.0 Å². The molecule has 0 atom stereocenters. The van der Waals surface area contributed by atoms with E-state index < -0.39 is 0 Å². The van der Waals surface area contributed by atoms with Crippen molar-refractivity contribution in [2.45, 2.75) is 0 Å². The molecule has 14 aromatic rings.